The van der Waals surface area contributed by atoms with Crippen LogP contribution in [0.15, 0.2) is 12.3 Å². The van der Waals surface area contributed by atoms with Crippen molar-refractivity contribution in [2.24, 2.45) is 0 Å². The lowest BCUT2D eigenvalue weighted by Gasteiger charge is -2.13. The maximum Gasteiger partial charge on any atom is 0.213 e. The molecule has 0 spiro atoms. The molecular formula is C10H13Cl2NO2. The summed E-state index contributed by atoms with van der Waals surface area (Å²) in [6.45, 7) is 2.42. The summed E-state index contributed by atoms with van der Waals surface area (Å²) in [4.78, 5) is 4.04. The van der Waals surface area contributed by atoms with Gasteiger partial charge in [-0.1, -0.05) is 11.6 Å². The van der Waals surface area contributed by atoms with Gasteiger partial charge in [-0.25, -0.2) is 4.98 Å². The van der Waals surface area contributed by atoms with E-state index in [-0.39, 0.29) is 6.10 Å². The number of hydrogen-bond acceptors (Lipinski definition) is 3. The van der Waals surface area contributed by atoms with Gasteiger partial charge in [-0.3, -0.25) is 0 Å². The molecule has 5 heteroatoms. The highest BCUT2D eigenvalue weighted by Crippen LogP contribution is 2.21. The average molecular weight is 250 g/mol. The van der Waals surface area contributed by atoms with Crippen molar-refractivity contribution in [3.05, 3.63) is 22.8 Å². The van der Waals surface area contributed by atoms with Crippen LogP contribution in [-0.2, 0) is 10.6 Å². The normalized spacial score (nSPS) is 12.5. The Morgan fingerprint density at radius 3 is 2.87 bits per heavy atom. The molecule has 1 atom stereocenters. The first-order valence-corrected chi connectivity index (χ1v) is 5.44. The molecule has 0 saturated carbocycles. The molecule has 0 aliphatic heterocycles. The Morgan fingerprint density at radius 1 is 1.53 bits per heavy atom. The highest BCUT2D eigenvalue weighted by Gasteiger charge is 2.07. The van der Waals surface area contributed by atoms with Crippen molar-refractivity contribution >= 4 is 23.2 Å². The number of pyridine rings is 1. The van der Waals surface area contributed by atoms with E-state index < -0.39 is 0 Å². The SMILES string of the molecule is COCC(C)Oc1cc(CCl)c(Cl)cn1. The summed E-state index contributed by atoms with van der Waals surface area (Å²) in [6.07, 6.45) is 1.49. The van der Waals surface area contributed by atoms with Crippen molar-refractivity contribution < 1.29 is 9.47 Å². The Hall–Kier alpha value is -0.510. The van der Waals surface area contributed by atoms with Crippen molar-refractivity contribution in [2.75, 3.05) is 13.7 Å². The summed E-state index contributed by atoms with van der Waals surface area (Å²) >= 11 is 11.6. The van der Waals surface area contributed by atoms with Crippen LogP contribution in [0.4, 0.5) is 0 Å². The molecule has 0 saturated heterocycles. The number of hydrogen-bond donors (Lipinski definition) is 0. The molecule has 1 rings (SSSR count). The third kappa shape index (κ3) is 3.86. The van der Waals surface area contributed by atoms with Gasteiger partial charge in [-0.2, -0.15) is 0 Å². The summed E-state index contributed by atoms with van der Waals surface area (Å²) in [7, 11) is 1.62. The highest BCUT2D eigenvalue weighted by molar-refractivity contribution is 6.32. The number of rotatable bonds is 5. The molecule has 0 bridgehead atoms. The Balaban J connectivity index is 2.69. The van der Waals surface area contributed by atoms with E-state index >= 15 is 0 Å². The number of halogens is 2. The van der Waals surface area contributed by atoms with Crippen LogP contribution >= 0.6 is 23.2 Å². The molecule has 0 aliphatic carbocycles. The number of aromatic nitrogens is 1. The largest absolute Gasteiger partial charge is 0.472 e. The molecule has 0 fully saturated rings. The van der Waals surface area contributed by atoms with Gasteiger partial charge in [0, 0.05) is 25.3 Å². The zero-order chi connectivity index (χ0) is 11.3. The van der Waals surface area contributed by atoms with E-state index in [1.54, 1.807) is 13.2 Å². The van der Waals surface area contributed by atoms with Crippen LogP contribution < -0.4 is 4.74 Å². The van der Waals surface area contributed by atoms with E-state index in [2.05, 4.69) is 4.98 Å². The third-order valence-corrected chi connectivity index (χ3v) is 2.41. The van der Waals surface area contributed by atoms with E-state index in [1.165, 1.54) is 6.20 Å². The van der Waals surface area contributed by atoms with Gasteiger partial charge in [0.15, 0.2) is 0 Å². The van der Waals surface area contributed by atoms with Gasteiger partial charge < -0.3 is 9.47 Å². The fraction of sp³-hybridized carbons (Fsp3) is 0.500. The third-order valence-electron chi connectivity index (χ3n) is 1.78. The van der Waals surface area contributed by atoms with E-state index in [0.717, 1.165) is 5.56 Å². The Labute approximate surface area is 99.3 Å². The minimum atomic E-state index is -0.0492. The standard InChI is InChI=1S/C10H13Cl2NO2/c1-7(6-14-2)15-10-3-8(4-11)9(12)5-13-10/h3,5,7H,4,6H2,1-2H3. The molecule has 84 valence electrons. The lowest BCUT2D eigenvalue weighted by Crippen LogP contribution is -2.18. The van der Waals surface area contributed by atoms with Crippen LogP contribution in [0.5, 0.6) is 5.88 Å². The van der Waals surface area contributed by atoms with Crippen LogP contribution in [0.3, 0.4) is 0 Å². The molecule has 3 nitrogen and oxygen atoms in total. The minimum absolute atomic E-state index is 0.0492. The predicted molar refractivity (Wildman–Crippen MR) is 60.8 cm³/mol. The average Bonchev–Trinajstić information content (AvgIpc) is 2.21. The van der Waals surface area contributed by atoms with Crippen molar-refractivity contribution in [3.8, 4) is 5.88 Å². The molecule has 0 amide bonds. The molecular weight excluding hydrogens is 237 g/mol. The van der Waals surface area contributed by atoms with Gasteiger partial charge in [0.2, 0.25) is 5.88 Å². The molecule has 0 radical (unpaired) electrons. The van der Waals surface area contributed by atoms with Gasteiger partial charge in [-0.15, -0.1) is 11.6 Å². The predicted octanol–water partition coefficient (Wildman–Crippen LogP) is 2.89. The van der Waals surface area contributed by atoms with E-state index in [4.69, 9.17) is 32.7 Å². The van der Waals surface area contributed by atoms with Crippen molar-refractivity contribution in [1.82, 2.24) is 4.98 Å². The second-order valence-electron chi connectivity index (χ2n) is 3.13. The summed E-state index contributed by atoms with van der Waals surface area (Å²) in [5.74, 6) is 0.857. The maximum absolute atomic E-state index is 5.87. The number of alkyl halides is 1. The number of methoxy groups -OCH3 is 1. The van der Waals surface area contributed by atoms with Gasteiger partial charge >= 0.3 is 0 Å². The molecule has 1 heterocycles. The quantitative estimate of drug-likeness (QED) is 0.753. The Bertz CT molecular complexity index is 320. The molecule has 1 unspecified atom stereocenters. The van der Waals surface area contributed by atoms with Crippen LogP contribution in [0, 0.1) is 0 Å². The lowest BCUT2D eigenvalue weighted by atomic mass is 10.3. The molecule has 1 aromatic heterocycles. The zero-order valence-corrected chi connectivity index (χ0v) is 10.2. The molecule has 0 aliphatic rings. The fourth-order valence-electron chi connectivity index (χ4n) is 1.10. The fourth-order valence-corrected chi connectivity index (χ4v) is 1.56. The van der Waals surface area contributed by atoms with Crippen molar-refractivity contribution in [2.45, 2.75) is 18.9 Å². The summed E-state index contributed by atoms with van der Waals surface area (Å²) in [5.41, 5.74) is 0.813. The van der Waals surface area contributed by atoms with E-state index in [9.17, 15) is 0 Å². The number of nitrogens with zero attached hydrogens (tertiary/aromatic N) is 1. The molecule has 1 aromatic rings. The first kappa shape index (κ1) is 12.6. The zero-order valence-electron chi connectivity index (χ0n) is 8.67. The minimum Gasteiger partial charge on any atom is -0.472 e. The molecule has 0 aromatic carbocycles. The monoisotopic (exact) mass is 249 g/mol. The summed E-state index contributed by atoms with van der Waals surface area (Å²) in [6, 6.07) is 1.74. The van der Waals surface area contributed by atoms with Gasteiger partial charge in [0.25, 0.3) is 0 Å². The maximum atomic E-state index is 5.87. The molecule has 15 heavy (non-hydrogen) atoms. The second-order valence-corrected chi connectivity index (χ2v) is 3.81. The highest BCUT2D eigenvalue weighted by atomic mass is 35.5. The number of ether oxygens (including phenoxy) is 2. The van der Waals surface area contributed by atoms with Gasteiger partial charge in [0.05, 0.1) is 11.6 Å². The van der Waals surface area contributed by atoms with Crippen LogP contribution in [0.1, 0.15) is 12.5 Å². The summed E-state index contributed by atoms with van der Waals surface area (Å²) in [5, 5.41) is 0.553. The van der Waals surface area contributed by atoms with Crippen LogP contribution in [-0.4, -0.2) is 24.8 Å². The first-order chi connectivity index (χ1) is 7.17. The van der Waals surface area contributed by atoms with Crippen LogP contribution in [0.2, 0.25) is 5.02 Å². The van der Waals surface area contributed by atoms with E-state index in [0.29, 0.717) is 23.4 Å². The smallest absolute Gasteiger partial charge is 0.213 e. The Morgan fingerprint density at radius 2 is 2.27 bits per heavy atom. The van der Waals surface area contributed by atoms with Gasteiger partial charge in [-0.05, 0) is 12.5 Å². The van der Waals surface area contributed by atoms with Gasteiger partial charge in [0.1, 0.15) is 6.10 Å². The lowest BCUT2D eigenvalue weighted by molar-refractivity contribution is 0.0889. The second kappa shape index (κ2) is 6.16. The van der Waals surface area contributed by atoms with Crippen molar-refractivity contribution in [1.29, 1.82) is 0 Å². The summed E-state index contributed by atoms with van der Waals surface area (Å²) < 4.78 is 10.5. The van der Waals surface area contributed by atoms with E-state index in [1.807, 2.05) is 6.92 Å². The molecule has 0 N–H and O–H groups in total. The Kier molecular flexibility index (Phi) is 5.15. The van der Waals surface area contributed by atoms with Crippen LogP contribution in [0.25, 0.3) is 0 Å². The topological polar surface area (TPSA) is 31.4 Å². The first-order valence-electron chi connectivity index (χ1n) is 4.53. The van der Waals surface area contributed by atoms with Crippen molar-refractivity contribution in [3.63, 3.8) is 0 Å².